The second kappa shape index (κ2) is 13.4. The van der Waals surface area contributed by atoms with Gasteiger partial charge in [-0.2, -0.15) is 0 Å². The van der Waals surface area contributed by atoms with E-state index < -0.39 is 0 Å². The molecule has 0 N–H and O–H groups in total. The van der Waals surface area contributed by atoms with E-state index >= 15 is 0 Å². The Balaban J connectivity index is 0. The summed E-state index contributed by atoms with van der Waals surface area (Å²) in [6, 6.07) is 7.52. The van der Waals surface area contributed by atoms with Crippen LogP contribution in [0, 0.1) is 0 Å². The molecule has 0 spiro atoms. The van der Waals surface area contributed by atoms with Crippen molar-refractivity contribution < 1.29 is 9.53 Å². The average molecular weight is 222 g/mol. The van der Waals surface area contributed by atoms with Gasteiger partial charge in [0.2, 0.25) is 0 Å². The van der Waals surface area contributed by atoms with Crippen LogP contribution in [-0.4, -0.2) is 13.4 Å². The van der Waals surface area contributed by atoms with Crippen molar-refractivity contribution in [3.05, 3.63) is 35.9 Å². The lowest BCUT2D eigenvalue weighted by molar-refractivity contribution is -0.104. The Morgan fingerprint density at radius 2 is 1.62 bits per heavy atom. The average Bonchev–Trinajstić information content (AvgIpc) is 2.41. The summed E-state index contributed by atoms with van der Waals surface area (Å²) in [4.78, 5) is 10.1. The summed E-state index contributed by atoms with van der Waals surface area (Å²) >= 11 is 0. The molecule has 0 aliphatic heterocycles. The minimum atomic E-state index is 0.742. The van der Waals surface area contributed by atoms with Gasteiger partial charge in [-0.1, -0.05) is 45.9 Å². The number of para-hydroxylation sites is 1. The topological polar surface area (TPSA) is 26.3 Å². The van der Waals surface area contributed by atoms with E-state index in [0.29, 0.717) is 0 Å². The third-order valence-corrected chi connectivity index (χ3v) is 1.49. The Morgan fingerprint density at radius 1 is 1.06 bits per heavy atom. The van der Waals surface area contributed by atoms with Crippen molar-refractivity contribution in [3.8, 4) is 5.75 Å². The first-order valence-corrected chi connectivity index (χ1v) is 5.63. The van der Waals surface area contributed by atoms with Crippen molar-refractivity contribution in [1.82, 2.24) is 0 Å². The van der Waals surface area contributed by atoms with E-state index in [1.165, 1.54) is 6.08 Å². The fourth-order valence-corrected chi connectivity index (χ4v) is 0.947. The SMILES string of the molecule is CC.CC.COc1ccccc1/C=C\C=O. The van der Waals surface area contributed by atoms with Crippen molar-refractivity contribution in [2.75, 3.05) is 7.11 Å². The minimum Gasteiger partial charge on any atom is -0.496 e. The first kappa shape index (κ1) is 16.8. The minimum absolute atomic E-state index is 0.742. The van der Waals surface area contributed by atoms with Crippen molar-refractivity contribution in [3.63, 3.8) is 0 Å². The van der Waals surface area contributed by atoms with E-state index in [-0.39, 0.29) is 0 Å². The molecule has 1 aromatic carbocycles. The van der Waals surface area contributed by atoms with Crippen LogP contribution >= 0.6 is 0 Å². The van der Waals surface area contributed by atoms with Gasteiger partial charge >= 0.3 is 0 Å². The monoisotopic (exact) mass is 222 g/mol. The number of hydrogen-bond acceptors (Lipinski definition) is 2. The second-order valence-electron chi connectivity index (χ2n) is 2.24. The Kier molecular flexibility index (Phi) is 14.1. The van der Waals surface area contributed by atoms with Crippen LogP contribution in [0.2, 0.25) is 0 Å². The van der Waals surface area contributed by atoms with Crippen molar-refractivity contribution in [2.45, 2.75) is 27.7 Å². The molecule has 0 heterocycles. The zero-order chi connectivity index (χ0) is 12.8. The smallest absolute Gasteiger partial charge is 0.142 e. The Morgan fingerprint density at radius 3 is 2.12 bits per heavy atom. The quantitative estimate of drug-likeness (QED) is 0.571. The number of carbonyl (C=O) groups is 1. The van der Waals surface area contributed by atoms with Gasteiger partial charge in [-0.3, -0.25) is 4.79 Å². The third-order valence-electron chi connectivity index (χ3n) is 1.49. The molecule has 0 saturated carbocycles. The van der Waals surface area contributed by atoms with Gasteiger partial charge in [0, 0.05) is 5.56 Å². The van der Waals surface area contributed by atoms with E-state index in [1.54, 1.807) is 13.2 Å². The molecule has 0 aromatic heterocycles. The molecule has 0 saturated heterocycles. The zero-order valence-corrected chi connectivity index (χ0v) is 10.9. The molecule has 16 heavy (non-hydrogen) atoms. The summed E-state index contributed by atoms with van der Waals surface area (Å²) in [6.07, 6.45) is 3.90. The predicted octanol–water partition coefficient (Wildman–Crippen LogP) is 3.96. The van der Waals surface area contributed by atoms with E-state index in [2.05, 4.69) is 0 Å². The summed E-state index contributed by atoms with van der Waals surface area (Å²) in [6.45, 7) is 8.00. The Bertz CT molecular complexity index is 291. The highest BCUT2D eigenvalue weighted by Crippen LogP contribution is 2.17. The summed E-state index contributed by atoms with van der Waals surface area (Å²) in [5.41, 5.74) is 0.909. The maximum atomic E-state index is 10.1. The number of ether oxygens (including phenoxy) is 1. The highest BCUT2D eigenvalue weighted by atomic mass is 16.5. The lowest BCUT2D eigenvalue weighted by atomic mass is 10.2. The number of allylic oxidation sites excluding steroid dienone is 1. The van der Waals surface area contributed by atoms with Gasteiger partial charge in [0.05, 0.1) is 7.11 Å². The van der Waals surface area contributed by atoms with Gasteiger partial charge in [0.15, 0.2) is 0 Å². The van der Waals surface area contributed by atoms with E-state index in [1.807, 2.05) is 52.0 Å². The van der Waals surface area contributed by atoms with E-state index in [4.69, 9.17) is 4.74 Å². The van der Waals surface area contributed by atoms with Crippen LogP contribution in [-0.2, 0) is 4.79 Å². The summed E-state index contributed by atoms with van der Waals surface area (Å²) in [5, 5.41) is 0. The summed E-state index contributed by atoms with van der Waals surface area (Å²) in [7, 11) is 1.60. The van der Waals surface area contributed by atoms with Crippen LogP contribution in [0.15, 0.2) is 30.3 Å². The molecule has 0 amide bonds. The molecule has 0 unspecified atom stereocenters. The maximum absolute atomic E-state index is 10.1. The largest absolute Gasteiger partial charge is 0.496 e. The van der Waals surface area contributed by atoms with Gasteiger partial charge in [0.1, 0.15) is 12.0 Å². The lowest BCUT2D eigenvalue weighted by Crippen LogP contribution is -1.85. The van der Waals surface area contributed by atoms with Gasteiger partial charge < -0.3 is 4.74 Å². The van der Waals surface area contributed by atoms with Gasteiger partial charge in [-0.25, -0.2) is 0 Å². The fraction of sp³-hybridized carbons (Fsp3) is 0.357. The number of carbonyl (C=O) groups excluding carboxylic acids is 1. The van der Waals surface area contributed by atoms with E-state index in [9.17, 15) is 4.79 Å². The molecule has 1 rings (SSSR count). The number of rotatable bonds is 3. The van der Waals surface area contributed by atoms with Crippen molar-refractivity contribution >= 4 is 12.4 Å². The summed E-state index contributed by atoms with van der Waals surface area (Å²) < 4.78 is 5.08. The van der Waals surface area contributed by atoms with E-state index in [0.717, 1.165) is 17.6 Å². The standard InChI is InChI=1S/C10H10O2.2C2H6/c1-12-10-7-3-2-5-9(10)6-4-8-11;2*1-2/h2-8H,1H3;2*1-2H3/b6-4-;;. The Hall–Kier alpha value is -1.57. The Labute approximate surface area is 98.9 Å². The number of hydrogen-bond donors (Lipinski definition) is 0. The molecule has 0 fully saturated rings. The lowest BCUT2D eigenvalue weighted by Gasteiger charge is -2.02. The molecule has 90 valence electrons. The van der Waals surface area contributed by atoms with Crippen molar-refractivity contribution in [2.24, 2.45) is 0 Å². The predicted molar refractivity (Wildman–Crippen MR) is 70.8 cm³/mol. The number of aldehydes is 1. The highest BCUT2D eigenvalue weighted by Gasteiger charge is 1.94. The molecule has 0 aliphatic carbocycles. The van der Waals surface area contributed by atoms with Crippen LogP contribution in [0.5, 0.6) is 5.75 Å². The van der Waals surface area contributed by atoms with Crippen LogP contribution in [0.1, 0.15) is 33.3 Å². The molecule has 1 aromatic rings. The highest BCUT2D eigenvalue weighted by molar-refractivity contribution is 5.75. The molecule has 2 nitrogen and oxygen atoms in total. The summed E-state index contributed by atoms with van der Waals surface area (Å²) in [5.74, 6) is 0.774. The first-order valence-electron chi connectivity index (χ1n) is 5.63. The molecule has 0 aliphatic rings. The fourth-order valence-electron chi connectivity index (χ4n) is 0.947. The molecule has 2 heteroatoms. The number of benzene rings is 1. The molecule has 0 radical (unpaired) electrons. The normalized spacial score (nSPS) is 8.31. The molecule has 0 bridgehead atoms. The maximum Gasteiger partial charge on any atom is 0.142 e. The third kappa shape index (κ3) is 6.82. The number of methoxy groups -OCH3 is 1. The zero-order valence-electron chi connectivity index (χ0n) is 10.9. The molecule has 0 atom stereocenters. The van der Waals surface area contributed by atoms with Gasteiger partial charge in [-0.15, -0.1) is 0 Å². The second-order valence-corrected chi connectivity index (χ2v) is 2.24. The van der Waals surface area contributed by atoms with Crippen LogP contribution < -0.4 is 4.74 Å². The molecular formula is C14H22O2. The van der Waals surface area contributed by atoms with Crippen molar-refractivity contribution in [1.29, 1.82) is 0 Å². The van der Waals surface area contributed by atoms with Gasteiger partial charge in [-0.05, 0) is 18.2 Å². The molecular weight excluding hydrogens is 200 g/mol. The van der Waals surface area contributed by atoms with Gasteiger partial charge in [0.25, 0.3) is 0 Å². The van der Waals surface area contributed by atoms with Crippen LogP contribution in [0.3, 0.4) is 0 Å². The van der Waals surface area contributed by atoms with Crippen LogP contribution in [0.25, 0.3) is 6.08 Å². The first-order chi connectivity index (χ1) is 7.88. The van der Waals surface area contributed by atoms with Crippen LogP contribution in [0.4, 0.5) is 0 Å².